The van der Waals surface area contributed by atoms with Crippen LogP contribution in [0.15, 0.2) is 36.4 Å². The zero-order chi connectivity index (χ0) is 16.1. The van der Waals surface area contributed by atoms with Gasteiger partial charge in [0.1, 0.15) is 17.9 Å². The number of aromatic carboxylic acids is 1. The quantitative estimate of drug-likeness (QED) is 0.887. The first-order valence-corrected chi connectivity index (χ1v) is 6.74. The van der Waals surface area contributed by atoms with Crippen molar-refractivity contribution in [1.29, 1.82) is 0 Å². The molecule has 0 aliphatic carbocycles. The van der Waals surface area contributed by atoms with Gasteiger partial charge in [0.2, 0.25) is 0 Å². The Morgan fingerprint density at radius 3 is 2.32 bits per heavy atom. The van der Waals surface area contributed by atoms with E-state index in [0.717, 1.165) is 5.56 Å². The van der Waals surface area contributed by atoms with E-state index in [1.54, 1.807) is 6.92 Å². The Labute approximate surface area is 129 Å². The number of carboxylic acid groups (broad SMARTS) is 1. The number of carbonyl (C=O) groups is 1. The first-order valence-electron chi connectivity index (χ1n) is 6.74. The summed E-state index contributed by atoms with van der Waals surface area (Å²) in [6.45, 7) is 2.02. The fraction of sp³-hybridized carbons (Fsp3) is 0.235. The van der Waals surface area contributed by atoms with Crippen LogP contribution >= 0.6 is 0 Å². The molecule has 0 bridgehead atoms. The summed E-state index contributed by atoms with van der Waals surface area (Å²) in [6, 6.07) is 11.2. The van der Waals surface area contributed by atoms with Crippen molar-refractivity contribution < 1.29 is 24.1 Å². The summed E-state index contributed by atoms with van der Waals surface area (Å²) in [5.41, 5.74) is 1.55. The molecule has 5 nitrogen and oxygen atoms in total. The minimum Gasteiger partial charge on any atom is -0.496 e. The molecule has 0 aromatic heterocycles. The fourth-order valence-corrected chi connectivity index (χ4v) is 2.26. The lowest BCUT2D eigenvalue weighted by atomic mass is 10.1. The van der Waals surface area contributed by atoms with Crippen LogP contribution in [0.2, 0.25) is 0 Å². The van der Waals surface area contributed by atoms with Gasteiger partial charge in [0.15, 0.2) is 11.5 Å². The second-order valence-corrected chi connectivity index (χ2v) is 4.69. The van der Waals surface area contributed by atoms with Crippen LogP contribution in [0.3, 0.4) is 0 Å². The molecule has 22 heavy (non-hydrogen) atoms. The summed E-state index contributed by atoms with van der Waals surface area (Å²) in [5, 5.41) is 9.32. The molecule has 2 aromatic carbocycles. The van der Waals surface area contributed by atoms with Crippen LogP contribution in [0, 0.1) is 6.92 Å². The maximum atomic E-state index is 11.4. The minimum absolute atomic E-state index is 0.0754. The van der Waals surface area contributed by atoms with Crippen molar-refractivity contribution in [2.75, 3.05) is 14.2 Å². The summed E-state index contributed by atoms with van der Waals surface area (Å²) >= 11 is 0. The average Bonchev–Trinajstić information content (AvgIpc) is 2.52. The maximum absolute atomic E-state index is 11.4. The van der Waals surface area contributed by atoms with Crippen LogP contribution in [0.4, 0.5) is 0 Å². The van der Waals surface area contributed by atoms with Crippen LogP contribution in [0.5, 0.6) is 17.2 Å². The molecule has 0 aliphatic heterocycles. The van der Waals surface area contributed by atoms with E-state index in [1.807, 2.05) is 30.3 Å². The van der Waals surface area contributed by atoms with Gasteiger partial charge in [0, 0.05) is 11.6 Å². The molecule has 0 saturated heterocycles. The van der Waals surface area contributed by atoms with E-state index < -0.39 is 5.97 Å². The van der Waals surface area contributed by atoms with Gasteiger partial charge in [0.25, 0.3) is 0 Å². The van der Waals surface area contributed by atoms with Gasteiger partial charge in [-0.3, -0.25) is 0 Å². The molecule has 116 valence electrons. The highest BCUT2D eigenvalue weighted by Crippen LogP contribution is 2.39. The molecule has 0 fully saturated rings. The van der Waals surface area contributed by atoms with Gasteiger partial charge in [-0.25, -0.2) is 4.79 Å². The largest absolute Gasteiger partial charge is 0.496 e. The fourth-order valence-electron chi connectivity index (χ4n) is 2.26. The van der Waals surface area contributed by atoms with Gasteiger partial charge >= 0.3 is 5.97 Å². The Kier molecular flexibility index (Phi) is 4.88. The molecule has 0 atom stereocenters. The minimum atomic E-state index is -1.07. The SMILES string of the molecule is COc1cc(OCc2ccccc2)c(OC)c(C)c1C(=O)O. The van der Waals surface area contributed by atoms with Crippen LogP contribution in [-0.4, -0.2) is 25.3 Å². The topological polar surface area (TPSA) is 65.0 Å². The molecule has 5 heteroatoms. The Morgan fingerprint density at radius 1 is 1.09 bits per heavy atom. The van der Waals surface area contributed by atoms with Gasteiger partial charge in [-0.1, -0.05) is 30.3 Å². The average molecular weight is 302 g/mol. The molecular weight excluding hydrogens is 284 g/mol. The summed E-state index contributed by atoms with van der Waals surface area (Å²) in [5.74, 6) is 0.0240. The third-order valence-corrected chi connectivity index (χ3v) is 3.32. The van der Waals surface area contributed by atoms with Crippen molar-refractivity contribution in [2.45, 2.75) is 13.5 Å². The van der Waals surface area contributed by atoms with E-state index in [2.05, 4.69) is 0 Å². The zero-order valence-electron chi connectivity index (χ0n) is 12.8. The molecule has 0 saturated carbocycles. The molecule has 0 radical (unpaired) electrons. The smallest absolute Gasteiger partial charge is 0.339 e. The van der Waals surface area contributed by atoms with E-state index in [1.165, 1.54) is 20.3 Å². The second-order valence-electron chi connectivity index (χ2n) is 4.69. The highest BCUT2D eigenvalue weighted by molar-refractivity contribution is 5.94. The number of benzene rings is 2. The third-order valence-electron chi connectivity index (χ3n) is 3.32. The Balaban J connectivity index is 2.38. The molecule has 0 unspecified atom stereocenters. The Morgan fingerprint density at radius 2 is 1.77 bits per heavy atom. The summed E-state index contributed by atoms with van der Waals surface area (Å²) in [4.78, 5) is 11.4. The van der Waals surface area contributed by atoms with E-state index in [-0.39, 0.29) is 11.3 Å². The van der Waals surface area contributed by atoms with Crippen molar-refractivity contribution in [3.63, 3.8) is 0 Å². The number of hydrogen-bond donors (Lipinski definition) is 1. The van der Waals surface area contributed by atoms with Crippen LogP contribution in [0.25, 0.3) is 0 Å². The lowest BCUT2D eigenvalue weighted by molar-refractivity contribution is 0.0692. The van der Waals surface area contributed by atoms with E-state index in [4.69, 9.17) is 14.2 Å². The van der Waals surface area contributed by atoms with Crippen molar-refractivity contribution >= 4 is 5.97 Å². The molecule has 2 rings (SSSR count). The predicted molar refractivity (Wildman–Crippen MR) is 82.0 cm³/mol. The van der Waals surface area contributed by atoms with Gasteiger partial charge in [-0.15, -0.1) is 0 Å². The van der Waals surface area contributed by atoms with Crippen molar-refractivity contribution in [3.05, 3.63) is 53.1 Å². The van der Waals surface area contributed by atoms with Gasteiger partial charge in [-0.2, -0.15) is 0 Å². The van der Waals surface area contributed by atoms with Crippen molar-refractivity contribution in [3.8, 4) is 17.2 Å². The molecule has 2 aromatic rings. The van der Waals surface area contributed by atoms with Crippen molar-refractivity contribution in [2.24, 2.45) is 0 Å². The normalized spacial score (nSPS) is 10.1. The molecule has 0 amide bonds. The van der Waals surface area contributed by atoms with Crippen LogP contribution < -0.4 is 14.2 Å². The van der Waals surface area contributed by atoms with Crippen LogP contribution in [0.1, 0.15) is 21.5 Å². The lowest BCUT2D eigenvalue weighted by Crippen LogP contribution is -2.07. The van der Waals surface area contributed by atoms with E-state index in [9.17, 15) is 9.90 Å². The standard InChI is InChI=1S/C17H18O5/c1-11-15(17(18)19)13(20-2)9-14(16(11)21-3)22-10-12-7-5-4-6-8-12/h4-9H,10H2,1-3H3,(H,18,19). The predicted octanol–water partition coefficient (Wildman–Crippen LogP) is 3.29. The first kappa shape index (κ1) is 15.7. The Hall–Kier alpha value is -2.69. The van der Waals surface area contributed by atoms with Gasteiger partial charge in [-0.05, 0) is 12.5 Å². The molecule has 1 N–H and O–H groups in total. The third kappa shape index (κ3) is 3.14. The number of ether oxygens (including phenoxy) is 3. The van der Waals surface area contributed by atoms with E-state index >= 15 is 0 Å². The lowest BCUT2D eigenvalue weighted by Gasteiger charge is -2.17. The molecule has 0 heterocycles. The second kappa shape index (κ2) is 6.85. The maximum Gasteiger partial charge on any atom is 0.339 e. The summed E-state index contributed by atoms with van der Waals surface area (Å²) in [7, 11) is 2.91. The van der Waals surface area contributed by atoms with E-state index in [0.29, 0.717) is 23.7 Å². The summed E-state index contributed by atoms with van der Waals surface area (Å²) < 4.78 is 16.2. The molecular formula is C17H18O5. The van der Waals surface area contributed by atoms with Crippen molar-refractivity contribution in [1.82, 2.24) is 0 Å². The zero-order valence-corrected chi connectivity index (χ0v) is 12.8. The van der Waals surface area contributed by atoms with Gasteiger partial charge in [0.05, 0.1) is 14.2 Å². The van der Waals surface area contributed by atoms with Crippen LogP contribution in [-0.2, 0) is 6.61 Å². The number of rotatable bonds is 6. The first-order chi connectivity index (χ1) is 10.6. The number of carboxylic acids is 1. The van der Waals surface area contributed by atoms with Gasteiger partial charge < -0.3 is 19.3 Å². The highest BCUT2D eigenvalue weighted by Gasteiger charge is 2.22. The molecule has 0 spiro atoms. The number of hydrogen-bond acceptors (Lipinski definition) is 4. The Bertz CT molecular complexity index is 664. The number of methoxy groups -OCH3 is 2. The highest BCUT2D eigenvalue weighted by atomic mass is 16.5. The monoisotopic (exact) mass is 302 g/mol. The molecule has 0 aliphatic rings. The summed E-state index contributed by atoms with van der Waals surface area (Å²) in [6.07, 6.45) is 0.